The first-order valence-electron chi connectivity index (χ1n) is 7.36. The van der Waals surface area contributed by atoms with Crippen LogP contribution in [-0.2, 0) is 19.4 Å². The molecule has 22 heavy (non-hydrogen) atoms. The van der Waals surface area contributed by atoms with Gasteiger partial charge in [0.05, 0.1) is 5.56 Å². The van der Waals surface area contributed by atoms with Gasteiger partial charge in [0, 0.05) is 11.4 Å². The summed E-state index contributed by atoms with van der Waals surface area (Å²) in [5.74, 6) is 0.0348. The van der Waals surface area contributed by atoms with Crippen LogP contribution in [0.5, 0.6) is 0 Å². The Balaban J connectivity index is 1.72. The third-order valence-corrected chi connectivity index (χ3v) is 5.72. The van der Waals surface area contributed by atoms with E-state index in [9.17, 15) is 9.59 Å². The lowest BCUT2D eigenvalue weighted by Crippen LogP contribution is -2.28. The van der Waals surface area contributed by atoms with Crippen LogP contribution in [0.2, 0.25) is 0 Å². The second-order valence-electron chi connectivity index (χ2n) is 5.41. The molecule has 0 radical (unpaired) electrons. The van der Waals surface area contributed by atoms with Crippen molar-refractivity contribution in [3.8, 4) is 0 Å². The lowest BCUT2D eigenvalue weighted by Gasteiger charge is -2.11. The average molecular weight is 334 g/mol. The number of fused-ring (bicyclic) bond motifs is 1. The number of hydrogen-bond donors (Lipinski definition) is 2. The molecule has 2 amide bonds. The highest BCUT2D eigenvalue weighted by atomic mass is 32.1. The van der Waals surface area contributed by atoms with Gasteiger partial charge >= 0.3 is 6.03 Å². The van der Waals surface area contributed by atoms with Crippen LogP contribution in [-0.4, -0.2) is 11.8 Å². The zero-order chi connectivity index (χ0) is 15.5. The monoisotopic (exact) mass is 334 g/mol. The van der Waals surface area contributed by atoms with Crippen molar-refractivity contribution in [1.82, 2.24) is 5.32 Å². The van der Waals surface area contributed by atoms with Crippen LogP contribution in [0.1, 0.15) is 46.1 Å². The van der Waals surface area contributed by atoms with Crippen LogP contribution >= 0.6 is 22.7 Å². The van der Waals surface area contributed by atoms with Gasteiger partial charge in [-0.25, -0.2) is 4.79 Å². The van der Waals surface area contributed by atoms with Crippen molar-refractivity contribution in [3.63, 3.8) is 0 Å². The van der Waals surface area contributed by atoms with E-state index in [1.807, 2.05) is 16.8 Å². The molecule has 0 fully saturated rings. The van der Waals surface area contributed by atoms with Gasteiger partial charge in [-0.15, -0.1) is 11.3 Å². The third-order valence-electron chi connectivity index (χ3n) is 3.78. The molecule has 2 N–H and O–H groups in total. The molecule has 2 aromatic rings. The second kappa shape index (κ2) is 6.62. The van der Waals surface area contributed by atoms with Crippen molar-refractivity contribution < 1.29 is 9.59 Å². The number of amides is 2. The first-order chi connectivity index (χ1) is 10.6. The molecule has 0 spiro atoms. The SMILES string of the molecule is CC(=O)c1c(NC(=O)NCc2ccsc2)sc2c1CCCC2. The van der Waals surface area contributed by atoms with Gasteiger partial charge < -0.3 is 5.32 Å². The number of hydrogen-bond acceptors (Lipinski definition) is 4. The molecule has 0 aromatic carbocycles. The van der Waals surface area contributed by atoms with Gasteiger partial charge in [-0.2, -0.15) is 11.3 Å². The van der Waals surface area contributed by atoms with Crippen LogP contribution in [0.15, 0.2) is 16.8 Å². The summed E-state index contributed by atoms with van der Waals surface area (Å²) >= 11 is 3.16. The molecule has 2 aromatic heterocycles. The Morgan fingerprint density at radius 1 is 1.27 bits per heavy atom. The fraction of sp³-hybridized carbons (Fsp3) is 0.375. The fourth-order valence-corrected chi connectivity index (χ4v) is 4.75. The molecule has 4 nitrogen and oxygen atoms in total. The van der Waals surface area contributed by atoms with Crippen LogP contribution in [0.3, 0.4) is 0 Å². The van der Waals surface area contributed by atoms with Gasteiger partial charge in [-0.3, -0.25) is 10.1 Å². The maximum Gasteiger partial charge on any atom is 0.320 e. The first-order valence-corrected chi connectivity index (χ1v) is 9.12. The van der Waals surface area contributed by atoms with E-state index in [4.69, 9.17) is 0 Å². The molecule has 6 heteroatoms. The zero-order valence-corrected chi connectivity index (χ0v) is 14.0. The predicted molar refractivity (Wildman–Crippen MR) is 91.1 cm³/mol. The summed E-state index contributed by atoms with van der Waals surface area (Å²) in [5.41, 5.74) is 2.94. The quantitative estimate of drug-likeness (QED) is 0.823. The lowest BCUT2D eigenvalue weighted by atomic mass is 9.94. The number of ketones is 1. The van der Waals surface area contributed by atoms with Crippen molar-refractivity contribution in [1.29, 1.82) is 0 Å². The molecule has 116 valence electrons. The molecule has 0 bridgehead atoms. The smallest absolute Gasteiger partial charge is 0.320 e. The summed E-state index contributed by atoms with van der Waals surface area (Å²) in [6.45, 7) is 2.07. The highest BCUT2D eigenvalue weighted by Crippen LogP contribution is 2.38. The van der Waals surface area contributed by atoms with Crippen LogP contribution in [0.25, 0.3) is 0 Å². The number of rotatable bonds is 4. The normalized spacial score (nSPS) is 13.5. The number of carbonyl (C=O) groups is 2. The average Bonchev–Trinajstić information content (AvgIpc) is 3.11. The first kappa shape index (κ1) is 15.2. The van der Waals surface area contributed by atoms with Crippen molar-refractivity contribution in [2.24, 2.45) is 0 Å². The van der Waals surface area contributed by atoms with Crippen molar-refractivity contribution in [2.75, 3.05) is 5.32 Å². The summed E-state index contributed by atoms with van der Waals surface area (Å²) in [5, 5.41) is 10.4. The van der Waals surface area contributed by atoms with Crippen LogP contribution in [0, 0.1) is 0 Å². The Bertz CT molecular complexity index is 689. The second-order valence-corrected chi connectivity index (χ2v) is 7.30. The van der Waals surface area contributed by atoms with Gasteiger partial charge in [-0.05, 0) is 60.6 Å². The van der Waals surface area contributed by atoms with Gasteiger partial charge in [-0.1, -0.05) is 0 Å². The Labute approximate surface area is 137 Å². The summed E-state index contributed by atoms with van der Waals surface area (Å²) in [4.78, 5) is 25.3. The van der Waals surface area contributed by atoms with Crippen molar-refractivity contribution in [2.45, 2.75) is 39.2 Å². The van der Waals surface area contributed by atoms with E-state index in [1.165, 1.54) is 4.88 Å². The molecule has 0 saturated heterocycles. The van der Waals surface area contributed by atoms with Crippen molar-refractivity contribution >= 4 is 39.5 Å². The molecule has 0 aliphatic heterocycles. The van der Waals surface area contributed by atoms with Gasteiger partial charge in [0.25, 0.3) is 0 Å². The highest BCUT2D eigenvalue weighted by molar-refractivity contribution is 7.17. The number of nitrogens with one attached hydrogen (secondary N) is 2. The van der Waals surface area contributed by atoms with Crippen LogP contribution < -0.4 is 10.6 Å². The van der Waals surface area contributed by atoms with Gasteiger partial charge in [0.15, 0.2) is 5.78 Å². The predicted octanol–water partition coefficient (Wildman–Crippen LogP) is 4.21. The van der Waals surface area contributed by atoms with Gasteiger partial charge in [0.1, 0.15) is 5.00 Å². The Kier molecular flexibility index (Phi) is 4.59. The summed E-state index contributed by atoms with van der Waals surface area (Å²) < 4.78 is 0. The molecule has 0 atom stereocenters. The topological polar surface area (TPSA) is 58.2 Å². The van der Waals surface area contributed by atoms with E-state index in [0.717, 1.165) is 36.8 Å². The number of Topliss-reactive ketones (excluding diaryl/α,β-unsaturated/α-hetero) is 1. The van der Waals surface area contributed by atoms with E-state index >= 15 is 0 Å². The molecule has 0 unspecified atom stereocenters. The molecular formula is C16H18N2O2S2. The summed E-state index contributed by atoms with van der Waals surface area (Å²) in [7, 11) is 0. The standard InChI is InChI=1S/C16H18N2O2S2/c1-10(19)14-12-4-2-3-5-13(12)22-15(14)18-16(20)17-8-11-6-7-21-9-11/h6-7,9H,2-5,8H2,1H3,(H2,17,18,20). The van der Waals surface area contributed by atoms with Crippen molar-refractivity contribution in [3.05, 3.63) is 38.4 Å². The minimum absolute atomic E-state index is 0.0348. The van der Waals surface area contributed by atoms with Crippen LogP contribution in [0.4, 0.5) is 9.80 Å². The number of aryl methyl sites for hydroxylation is 1. The minimum atomic E-state index is -0.257. The largest absolute Gasteiger partial charge is 0.334 e. The Hall–Kier alpha value is -1.66. The fourth-order valence-electron chi connectivity index (χ4n) is 2.75. The Morgan fingerprint density at radius 2 is 2.09 bits per heavy atom. The van der Waals surface area contributed by atoms with E-state index < -0.39 is 0 Å². The Morgan fingerprint density at radius 3 is 2.82 bits per heavy atom. The molecule has 2 heterocycles. The van der Waals surface area contributed by atoms with Gasteiger partial charge in [0.2, 0.25) is 0 Å². The molecule has 1 aliphatic rings. The zero-order valence-electron chi connectivity index (χ0n) is 12.4. The maximum absolute atomic E-state index is 12.1. The van der Waals surface area contributed by atoms with E-state index in [1.54, 1.807) is 29.6 Å². The number of thiophene rings is 2. The lowest BCUT2D eigenvalue weighted by molar-refractivity contribution is 0.101. The maximum atomic E-state index is 12.1. The third kappa shape index (κ3) is 3.23. The number of anilines is 1. The summed E-state index contributed by atoms with van der Waals surface area (Å²) in [6.07, 6.45) is 4.24. The van der Waals surface area contributed by atoms with E-state index in [0.29, 0.717) is 17.1 Å². The molecular weight excluding hydrogens is 316 g/mol. The molecule has 1 aliphatic carbocycles. The van der Waals surface area contributed by atoms with E-state index in [-0.39, 0.29) is 11.8 Å². The summed E-state index contributed by atoms with van der Waals surface area (Å²) in [6, 6.07) is 1.72. The number of urea groups is 1. The minimum Gasteiger partial charge on any atom is -0.334 e. The molecule has 0 saturated carbocycles. The van der Waals surface area contributed by atoms with E-state index in [2.05, 4.69) is 10.6 Å². The molecule has 3 rings (SSSR count). The number of carbonyl (C=O) groups excluding carboxylic acids is 2. The highest BCUT2D eigenvalue weighted by Gasteiger charge is 2.24.